The highest BCUT2D eigenvalue weighted by Gasteiger charge is 2.38. The Kier molecular flexibility index (Phi) is 5.62. The molecule has 1 heterocycles. The standard InChI is InChI=1S/C16H24ClN3O/c1-3-14(12-4-6-13(17)7-5-12)20-15(21)16(18-2)8-10-19-11-9-16/h4-7,14,18-19H,3,8-11H2,1-2H3,(H,20,21)/t14-/m0/s1. The van der Waals surface area contributed by atoms with E-state index in [-0.39, 0.29) is 11.9 Å². The van der Waals surface area contributed by atoms with Crippen LogP contribution in [0.5, 0.6) is 0 Å². The number of carbonyl (C=O) groups excluding carboxylic acids is 1. The van der Waals surface area contributed by atoms with Crippen molar-refractivity contribution in [2.75, 3.05) is 20.1 Å². The highest BCUT2D eigenvalue weighted by atomic mass is 35.5. The van der Waals surface area contributed by atoms with Gasteiger partial charge in [-0.1, -0.05) is 30.7 Å². The molecule has 116 valence electrons. The summed E-state index contributed by atoms with van der Waals surface area (Å²) in [4.78, 5) is 12.7. The van der Waals surface area contributed by atoms with E-state index in [0.717, 1.165) is 37.9 Å². The molecule has 3 N–H and O–H groups in total. The fraction of sp³-hybridized carbons (Fsp3) is 0.562. The molecule has 0 radical (unpaired) electrons. The van der Waals surface area contributed by atoms with Gasteiger partial charge in [-0.2, -0.15) is 0 Å². The molecule has 1 fully saturated rings. The Labute approximate surface area is 131 Å². The Morgan fingerprint density at radius 2 is 1.95 bits per heavy atom. The lowest BCUT2D eigenvalue weighted by molar-refractivity contribution is -0.129. The predicted molar refractivity (Wildman–Crippen MR) is 86.5 cm³/mol. The number of nitrogens with one attached hydrogen (secondary N) is 3. The van der Waals surface area contributed by atoms with E-state index in [1.807, 2.05) is 31.3 Å². The van der Waals surface area contributed by atoms with Crippen molar-refractivity contribution in [1.82, 2.24) is 16.0 Å². The minimum Gasteiger partial charge on any atom is -0.348 e. The maximum absolute atomic E-state index is 12.7. The Morgan fingerprint density at radius 3 is 2.48 bits per heavy atom. The van der Waals surface area contributed by atoms with Gasteiger partial charge < -0.3 is 16.0 Å². The molecule has 4 nitrogen and oxygen atoms in total. The molecule has 1 saturated heterocycles. The van der Waals surface area contributed by atoms with Crippen molar-refractivity contribution < 1.29 is 4.79 Å². The predicted octanol–water partition coefficient (Wildman–Crippen LogP) is 2.25. The number of hydrogen-bond acceptors (Lipinski definition) is 3. The second-order valence-corrected chi connectivity index (χ2v) is 6.00. The van der Waals surface area contributed by atoms with E-state index in [4.69, 9.17) is 11.6 Å². The van der Waals surface area contributed by atoms with Gasteiger partial charge in [-0.3, -0.25) is 4.79 Å². The van der Waals surface area contributed by atoms with E-state index in [9.17, 15) is 4.79 Å². The van der Waals surface area contributed by atoms with E-state index in [1.165, 1.54) is 0 Å². The number of hydrogen-bond donors (Lipinski definition) is 3. The van der Waals surface area contributed by atoms with Gasteiger partial charge in [0.25, 0.3) is 0 Å². The van der Waals surface area contributed by atoms with Gasteiger partial charge in [0.2, 0.25) is 5.91 Å². The summed E-state index contributed by atoms with van der Waals surface area (Å²) in [5.41, 5.74) is 0.640. The summed E-state index contributed by atoms with van der Waals surface area (Å²) in [6.45, 7) is 3.81. The first-order valence-corrected chi connectivity index (χ1v) is 7.95. The second kappa shape index (κ2) is 7.25. The zero-order valence-corrected chi connectivity index (χ0v) is 13.5. The molecule has 0 aliphatic carbocycles. The number of piperidine rings is 1. The summed E-state index contributed by atoms with van der Waals surface area (Å²) in [5, 5.41) is 10.4. The fourth-order valence-corrected chi connectivity index (χ4v) is 2.98. The van der Waals surface area contributed by atoms with Gasteiger partial charge in [0.15, 0.2) is 0 Å². The summed E-state index contributed by atoms with van der Waals surface area (Å²) < 4.78 is 0. The molecule has 1 aromatic carbocycles. The monoisotopic (exact) mass is 309 g/mol. The lowest BCUT2D eigenvalue weighted by Crippen LogP contribution is -2.60. The molecule has 0 saturated carbocycles. The minimum absolute atomic E-state index is 0.0230. The van der Waals surface area contributed by atoms with Crippen molar-refractivity contribution in [3.63, 3.8) is 0 Å². The third-order valence-corrected chi connectivity index (χ3v) is 4.61. The molecule has 0 bridgehead atoms. The lowest BCUT2D eigenvalue weighted by atomic mass is 9.87. The van der Waals surface area contributed by atoms with Crippen LogP contribution in [0.1, 0.15) is 37.8 Å². The Balaban J connectivity index is 2.10. The number of halogens is 1. The normalized spacial score (nSPS) is 19.0. The molecule has 0 aromatic heterocycles. The van der Waals surface area contributed by atoms with Crippen molar-refractivity contribution >= 4 is 17.5 Å². The molecule has 1 aliphatic heterocycles. The van der Waals surface area contributed by atoms with Crippen LogP contribution < -0.4 is 16.0 Å². The lowest BCUT2D eigenvalue weighted by Gasteiger charge is -2.37. The van der Waals surface area contributed by atoms with Gasteiger partial charge in [-0.15, -0.1) is 0 Å². The van der Waals surface area contributed by atoms with Crippen LogP contribution in [0.25, 0.3) is 0 Å². The van der Waals surface area contributed by atoms with Gasteiger partial charge >= 0.3 is 0 Å². The smallest absolute Gasteiger partial charge is 0.240 e. The molecule has 0 spiro atoms. The third kappa shape index (κ3) is 3.76. The van der Waals surface area contributed by atoms with Gasteiger partial charge in [0, 0.05) is 5.02 Å². The molecule has 21 heavy (non-hydrogen) atoms. The van der Waals surface area contributed by atoms with Crippen molar-refractivity contribution in [1.29, 1.82) is 0 Å². The second-order valence-electron chi connectivity index (χ2n) is 5.57. The average Bonchev–Trinajstić information content (AvgIpc) is 2.54. The zero-order chi connectivity index (χ0) is 15.3. The van der Waals surface area contributed by atoms with E-state index in [2.05, 4.69) is 22.9 Å². The van der Waals surface area contributed by atoms with Crippen LogP contribution >= 0.6 is 11.6 Å². The van der Waals surface area contributed by atoms with E-state index >= 15 is 0 Å². The van der Waals surface area contributed by atoms with Crippen molar-refractivity contribution in [2.24, 2.45) is 0 Å². The van der Waals surface area contributed by atoms with Gasteiger partial charge in [0.1, 0.15) is 5.54 Å². The number of likely N-dealkylation sites (N-methyl/N-ethyl adjacent to an activating group) is 1. The summed E-state index contributed by atoms with van der Waals surface area (Å²) in [6.07, 6.45) is 2.48. The number of carbonyl (C=O) groups is 1. The molecule has 0 unspecified atom stereocenters. The first-order chi connectivity index (χ1) is 10.1. The van der Waals surface area contributed by atoms with E-state index in [1.54, 1.807) is 0 Å². The van der Waals surface area contributed by atoms with Crippen molar-refractivity contribution in [2.45, 2.75) is 37.8 Å². The number of benzene rings is 1. The molecule has 5 heteroatoms. The summed E-state index contributed by atoms with van der Waals surface area (Å²) in [7, 11) is 1.87. The van der Waals surface area contributed by atoms with Crippen LogP contribution in [0.4, 0.5) is 0 Å². The summed E-state index contributed by atoms with van der Waals surface area (Å²) in [5.74, 6) is 0.0910. The van der Waals surface area contributed by atoms with Gasteiger partial charge in [-0.25, -0.2) is 0 Å². The summed E-state index contributed by atoms with van der Waals surface area (Å²) in [6, 6.07) is 7.71. The highest BCUT2D eigenvalue weighted by Crippen LogP contribution is 2.23. The van der Waals surface area contributed by atoms with E-state index in [0.29, 0.717) is 5.02 Å². The molecular formula is C16H24ClN3O. The van der Waals surface area contributed by atoms with Crippen LogP contribution in [0.15, 0.2) is 24.3 Å². The number of rotatable bonds is 5. The Hall–Kier alpha value is -1.10. The van der Waals surface area contributed by atoms with Crippen LogP contribution in [0.3, 0.4) is 0 Å². The quantitative estimate of drug-likeness (QED) is 0.782. The highest BCUT2D eigenvalue weighted by molar-refractivity contribution is 6.30. The molecule has 1 aromatic rings. The SMILES string of the molecule is CC[C@H](NC(=O)C1(NC)CCNCC1)c1ccc(Cl)cc1. The van der Waals surface area contributed by atoms with Gasteiger partial charge in [-0.05, 0) is 57.1 Å². The van der Waals surface area contributed by atoms with Gasteiger partial charge in [0.05, 0.1) is 6.04 Å². The van der Waals surface area contributed by atoms with Crippen LogP contribution in [-0.4, -0.2) is 31.6 Å². The molecule has 1 aliphatic rings. The Morgan fingerprint density at radius 1 is 1.33 bits per heavy atom. The van der Waals surface area contributed by atoms with Crippen molar-refractivity contribution in [3.8, 4) is 0 Å². The zero-order valence-electron chi connectivity index (χ0n) is 12.7. The Bertz CT molecular complexity index is 469. The average molecular weight is 310 g/mol. The first-order valence-electron chi connectivity index (χ1n) is 7.57. The number of amides is 1. The molecule has 1 amide bonds. The summed E-state index contributed by atoms with van der Waals surface area (Å²) >= 11 is 5.93. The maximum atomic E-state index is 12.7. The molecule has 1 atom stereocenters. The van der Waals surface area contributed by atoms with Crippen molar-refractivity contribution in [3.05, 3.63) is 34.9 Å². The largest absolute Gasteiger partial charge is 0.348 e. The van der Waals surface area contributed by atoms with E-state index < -0.39 is 5.54 Å². The first kappa shape index (κ1) is 16.3. The minimum atomic E-state index is -0.453. The van der Waals surface area contributed by atoms with Crippen LogP contribution in [0.2, 0.25) is 5.02 Å². The third-order valence-electron chi connectivity index (χ3n) is 4.36. The maximum Gasteiger partial charge on any atom is 0.240 e. The van der Waals surface area contributed by atoms with Crippen LogP contribution in [0, 0.1) is 0 Å². The fourth-order valence-electron chi connectivity index (χ4n) is 2.86. The molecule has 2 rings (SSSR count). The van der Waals surface area contributed by atoms with Crippen LogP contribution in [-0.2, 0) is 4.79 Å². The molecular weight excluding hydrogens is 286 g/mol. The topological polar surface area (TPSA) is 53.2 Å².